The number of rotatable bonds is 4. The number of nitrogens with two attached hydrogens (primary N) is 1. The lowest BCUT2D eigenvalue weighted by molar-refractivity contribution is 0.524. The minimum Gasteiger partial charge on any atom is -0.397 e. The van der Waals surface area contributed by atoms with Gasteiger partial charge in [0, 0.05) is 38.9 Å². The molecule has 0 atom stereocenters. The van der Waals surface area contributed by atoms with Crippen molar-refractivity contribution in [3.8, 4) is 11.4 Å². The van der Waals surface area contributed by atoms with Gasteiger partial charge >= 0.3 is 0 Å². The Labute approximate surface area is 180 Å². The first-order valence-corrected chi connectivity index (χ1v) is 10.6. The Balaban J connectivity index is 1.39. The fraction of sp³-hybridized carbons (Fsp3) is 0.364. The van der Waals surface area contributed by atoms with Crippen LogP contribution >= 0.6 is 0 Å². The second-order valence-corrected chi connectivity index (χ2v) is 8.12. The van der Waals surface area contributed by atoms with Gasteiger partial charge in [-0.2, -0.15) is 5.10 Å². The highest BCUT2D eigenvalue weighted by Gasteiger charge is 2.25. The summed E-state index contributed by atoms with van der Waals surface area (Å²) in [5.41, 5.74) is 11.6. The Bertz CT molecular complexity index is 1230. The number of benzene rings is 1. The monoisotopic (exact) mass is 417 g/mol. The van der Waals surface area contributed by atoms with Crippen molar-refractivity contribution in [3.05, 3.63) is 42.5 Å². The summed E-state index contributed by atoms with van der Waals surface area (Å²) in [7, 11) is 3.93. The summed E-state index contributed by atoms with van der Waals surface area (Å²) in [5.74, 6) is 1.75. The number of para-hydroxylation sites is 2. The van der Waals surface area contributed by atoms with Crippen molar-refractivity contribution in [2.75, 3.05) is 29.0 Å². The number of nitrogens with one attached hydrogen (secondary N) is 1. The Hall–Kier alpha value is -3.62. The van der Waals surface area contributed by atoms with Gasteiger partial charge in [-0.05, 0) is 31.9 Å². The van der Waals surface area contributed by atoms with E-state index in [0.717, 1.165) is 71.4 Å². The van der Waals surface area contributed by atoms with Crippen LogP contribution in [0.15, 0.2) is 36.8 Å². The molecule has 160 valence electrons. The molecule has 4 heterocycles. The summed E-state index contributed by atoms with van der Waals surface area (Å²) in [6, 6.07) is 8.31. The molecule has 5 rings (SSSR count). The third-order valence-electron chi connectivity index (χ3n) is 6.23. The minimum absolute atomic E-state index is 0.385. The molecule has 4 aromatic rings. The summed E-state index contributed by atoms with van der Waals surface area (Å²) in [6.07, 6.45) is 5.49. The maximum Gasteiger partial charge on any atom is 0.165 e. The predicted octanol–water partition coefficient (Wildman–Crippen LogP) is 2.74. The van der Waals surface area contributed by atoms with Crippen molar-refractivity contribution in [1.29, 1.82) is 0 Å². The molecular weight excluding hydrogens is 390 g/mol. The van der Waals surface area contributed by atoms with Crippen LogP contribution in [-0.2, 0) is 14.1 Å². The van der Waals surface area contributed by atoms with E-state index in [1.165, 1.54) is 0 Å². The molecule has 1 fully saturated rings. The van der Waals surface area contributed by atoms with Crippen LogP contribution in [-0.4, -0.2) is 48.4 Å². The summed E-state index contributed by atoms with van der Waals surface area (Å²) in [4.78, 5) is 16.4. The Kier molecular flexibility index (Phi) is 4.72. The van der Waals surface area contributed by atoms with Crippen LogP contribution in [0.5, 0.6) is 0 Å². The number of nitrogens with zero attached hydrogens (tertiary/aromatic N) is 7. The molecule has 3 N–H and O–H groups in total. The van der Waals surface area contributed by atoms with E-state index in [0.29, 0.717) is 6.04 Å². The average Bonchev–Trinajstić information content (AvgIpc) is 3.29. The van der Waals surface area contributed by atoms with Gasteiger partial charge in [-0.15, -0.1) is 0 Å². The molecule has 9 nitrogen and oxygen atoms in total. The van der Waals surface area contributed by atoms with E-state index in [1.54, 1.807) is 6.33 Å². The number of nitrogen functional groups attached to an aromatic ring is 1. The van der Waals surface area contributed by atoms with Crippen molar-refractivity contribution in [1.82, 2.24) is 29.3 Å². The molecule has 1 aromatic carbocycles. The van der Waals surface area contributed by atoms with Crippen LogP contribution in [0.25, 0.3) is 22.6 Å². The number of piperidine rings is 1. The van der Waals surface area contributed by atoms with E-state index >= 15 is 0 Å². The first kappa shape index (κ1) is 19.3. The van der Waals surface area contributed by atoms with E-state index in [2.05, 4.69) is 25.3 Å². The second-order valence-electron chi connectivity index (χ2n) is 8.12. The fourth-order valence-corrected chi connectivity index (χ4v) is 4.26. The molecule has 3 aromatic heterocycles. The topological polar surface area (TPSA) is 103 Å². The molecule has 0 spiro atoms. The van der Waals surface area contributed by atoms with Gasteiger partial charge in [0.1, 0.15) is 12.2 Å². The quantitative estimate of drug-likeness (QED) is 0.492. The third kappa shape index (κ3) is 3.35. The van der Waals surface area contributed by atoms with Gasteiger partial charge in [0.05, 0.1) is 23.1 Å². The Morgan fingerprint density at radius 2 is 1.87 bits per heavy atom. The van der Waals surface area contributed by atoms with Gasteiger partial charge in [0.25, 0.3) is 0 Å². The molecule has 9 heteroatoms. The summed E-state index contributed by atoms with van der Waals surface area (Å²) >= 11 is 0. The molecule has 1 saturated heterocycles. The Morgan fingerprint density at radius 3 is 2.58 bits per heavy atom. The SMILES string of the molecule is Cc1c(-c2nc3c(N4CCC(Nc5ccccc5N)CC4)ncnc3n2C)cnn1C. The smallest absolute Gasteiger partial charge is 0.165 e. The molecule has 0 unspecified atom stereocenters. The van der Waals surface area contributed by atoms with Crippen molar-refractivity contribution >= 4 is 28.4 Å². The zero-order valence-electron chi connectivity index (χ0n) is 18.1. The maximum atomic E-state index is 6.09. The van der Waals surface area contributed by atoms with Crippen molar-refractivity contribution < 1.29 is 0 Å². The van der Waals surface area contributed by atoms with Gasteiger partial charge in [-0.3, -0.25) is 4.68 Å². The number of aryl methyl sites for hydroxylation is 2. The zero-order valence-corrected chi connectivity index (χ0v) is 18.1. The van der Waals surface area contributed by atoms with Gasteiger partial charge in [0.15, 0.2) is 17.0 Å². The normalized spacial score (nSPS) is 15.0. The van der Waals surface area contributed by atoms with Crippen LogP contribution in [0.4, 0.5) is 17.2 Å². The number of hydrogen-bond acceptors (Lipinski definition) is 7. The largest absolute Gasteiger partial charge is 0.397 e. The lowest BCUT2D eigenvalue weighted by atomic mass is 10.0. The molecule has 0 amide bonds. The molecule has 1 aliphatic heterocycles. The van der Waals surface area contributed by atoms with Crippen LogP contribution in [0.1, 0.15) is 18.5 Å². The molecule has 0 saturated carbocycles. The standard InChI is InChI=1S/C22H27N9/c1-14-16(12-26-30(14)3)20-28-19-21(29(20)2)24-13-25-22(19)31-10-8-15(9-11-31)27-18-7-5-4-6-17(18)23/h4-7,12-13,15,27H,8-11,23H2,1-3H3. The number of hydrogen-bond donors (Lipinski definition) is 2. The predicted molar refractivity (Wildman–Crippen MR) is 123 cm³/mol. The third-order valence-corrected chi connectivity index (χ3v) is 6.23. The van der Waals surface area contributed by atoms with E-state index in [1.807, 2.05) is 60.7 Å². The van der Waals surface area contributed by atoms with Gasteiger partial charge in [-0.1, -0.05) is 12.1 Å². The highest BCUT2D eigenvalue weighted by molar-refractivity contribution is 5.87. The fourth-order valence-electron chi connectivity index (χ4n) is 4.26. The average molecular weight is 418 g/mol. The van der Waals surface area contributed by atoms with Crippen molar-refractivity contribution in [2.24, 2.45) is 14.1 Å². The maximum absolute atomic E-state index is 6.09. The van der Waals surface area contributed by atoms with Crippen molar-refractivity contribution in [2.45, 2.75) is 25.8 Å². The molecule has 0 bridgehead atoms. The van der Waals surface area contributed by atoms with Crippen LogP contribution in [0.2, 0.25) is 0 Å². The lowest BCUT2D eigenvalue weighted by Crippen LogP contribution is -2.39. The van der Waals surface area contributed by atoms with E-state index < -0.39 is 0 Å². The highest BCUT2D eigenvalue weighted by atomic mass is 15.3. The molecule has 1 aliphatic rings. The molecule has 0 aliphatic carbocycles. The number of imidazole rings is 1. The second kappa shape index (κ2) is 7.57. The van der Waals surface area contributed by atoms with E-state index in [4.69, 9.17) is 10.7 Å². The minimum atomic E-state index is 0.385. The number of fused-ring (bicyclic) bond motifs is 1. The summed E-state index contributed by atoms with van der Waals surface area (Å²) in [6.45, 7) is 3.84. The molecular formula is C22H27N9. The first-order chi connectivity index (χ1) is 15.0. The van der Waals surface area contributed by atoms with Crippen LogP contribution in [0.3, 0.4) is 0 Å². The number of anilines is 3. The zero-order chi connectivity index (χ0) is 21.5. The van der Waals surface area contributed by atoms with E-state index in [9.17, 15) is 0 Å². The molecule has 0 radical (unpaired) electrons. The van der Waals surface area contributed by atoms with Crippen LogP contribution < -0.4 is 16.0 Å². The van der Waals surface area contributed by atoms with Gasteiger partial charge in [-0.25, -0.2) is 15.0 Å². The lowest BCUT2D eigenvalue weighted by Gasteiger charge is -2.33. The highest BCUT2D eigenvalue weighted by Crippen LogP contribution is 2.31. The van der Waals surface area contributed by atoms with Crippen molar-refractivity contribution in [3.63, 3.8) is 0 Å². The van der Waals surface area contributed by atoms with Crippen LogP contribution in [0, 0.1) is 6.92 Å². The number of aromatic nitrogens is 6. The first-order valence-electron chi connectivity index (χ1n) is 10.6. The van der Waals surface area contributed by atoms with Gasteiger partial charge in [0.2, 0.25) is 0 Å². The summed E-state index contributed by atoms with van der Waals surface area (Å²) < 4.78 is 3.88. The van der Waals surface area contributed by atoms with Gasteiger partial charge < -0.3 is 20.5 Å². The molecule has 31 heavy (non-hydrogen) atoms. The summed E-state index contributed by atoms with van der Waals surface area (Å²) in [5, 5.41) is 7.95. The van der Waals surface area contributed by atoms with E-state index in [-0.39, 0.29) is 0 Å². The Morgan fingerprint density at radius 1 is 1.10 bits per heavy atom.